The van der Waals surface area contributed by atoms with Crippen LogP contribution in [0.4, 0.5) is 0 Å². The van der Waals surface area contributed by atoms with E-state index in [1.807, 2.05) is 6.92 Å². The summed E-state index contributed by atoms with van der Waals surface area (Å²) in [6, 6.07) is 6.62. The van der Waals surface area contributed by atoms with Gasteiger partial charge in [0.25, 0.3) is 0 Å². The minimum absolute atomic E-state index is 0.478. The first-order valence-electron chi connectivity index (χ1n) is 9.75. The summed E-state index contributed by atoms with van der Waals surface area (Å²) in [7, 11) is 0. The summed E-state index contributed by atoms with van der Waals surface area (Å²) in [6.45, 7) is 7.31. The zero-order valence-electron chi connectivity index (χ0n) is 15.3. The molecule has 4 rings (SSSR count). The summed E-state index contributed by atoms with van der Waals surface area (Å²) < 4.78 is 0. The monoisotopic (exact) mass is 326 g/mol. The molecular weight excluding hydrogens is 296 g/mol. The van der Waals surface area contributed by atoms with Gasteiger partial charge in [0.15, 0.2) is 5.75 Å². The molecule has 0 spiro atoms. The van der Waals surface area contributed by atoms with Crippen molar-refractivity contribution in [1.82, 2.24) is 0 Å². The quantitative estimate of drug-likeness (QED) is 0.396. The van der Waals surface area contributed by atoms with Crippen LogP contribution in [0.2, 0.25) is 0 Å². The van der Waals surface area contributed by atoms with Gasteiger partial charge in [0.2, 0.25) is 0 Å². The Morgan fingerprint density at radius 2 is 2.08 bits per heavy atom. The van der Waals surface area contributed by atoms with E-state index in [0.29, 0.717) is 12.0 Å². The number of hydrogen-bond acceptors (Lipinski definition) is 2. The predicted octanol–water partition coefficient (Wildman–Crippen LogP) is 5.82. The van der Waals surface area contributed by atoms with Crippen LogP contribution in [0.3, 0.4) is 0 Å². The van der Waals surface area contributed by atoms with Crippen molar-refractivity contribution in [1.29, 1.82) is 0 Å². The van der Waals surface area contributed by atoms with Crippen molar-refractivity contribution in [2.45, 2.75) is 65.2 Å². The van der Waals surface area contributed by atoms with E-state index in [-0.39, 0.29) is 0 Å². The molecule has 1 aromatic carbocycles. The van der Waals surface area contributed by atoms with Gasteiger partial charge in [-0.25, -0.2) is 0 Å². The third-order valence-electron chi connectivity index (χ3n) is 7.17. The number of rotatable bonds is 3. The van der Waals surface area contributed by atoms with Crippen molar-refractivity contribution in [2.75, 3.05) is 6.61 Å². The maximum atomic E-state index is 5.36. The summed E-state index contributed by atoms with van der Waals surface area (Å²) >= 11 is 0. The van der Waals surface area contributed by atoms with Crippen LogP contribution in [0.5, 0.6) is 5.75 Å². The number of hydrogen-bond donors (Lipinski definition) is 0. The molecule has 0 heterocycles. The van der Waals surface area contributed by atoms with Crippen LogP contribution in [-0.4, -0.2) is 6.61 Å². The molecule has 2 nitrogen and oxygen atoms in total. The Labute approximate surface area is 146 Å². The summed E-state index contributed by atoms with van der Waals surface area (Å²) in [6.07, 6.45) is 10.4. The minimum atomic E-state index is 0.478. The fraction of sp³-hybridized carbons (Fsp3) is 0.636. The van der Waals surface area contributed by atoms with Gasteiger partial charge in [-0.05, 0) is 98.8 Å². The lowest BCUT2D eigenvalue weighted by molar-refractivity contribution is -0.202. The highest BCUT2D eigenvalue weighted by molar-refractivity contribution is 5.41. The third kappa shape index (κ3) is 2.42. The summed E-state index contributed by atoms with van der Waals surface area (Å²) in [5.41, 5.74) is 5.29. The molecule has 3 aliphatic rings. The Morgan fingerprint density at radius 1 is 1.21 bits per heavy atom. The maximum Gasteiger partial charge on any atom is 0.165 e. The SMILES string of the molecule is CC=C1CCC2C3CCc4cc(OOCC)ccc4C3CC[C@]12C. The van der Waals surface area contributed by atoms with E-state index in [1.165, 1.54) is 44.1 Å². The standard InChI is InChI=1S/C22H30O2/c1-4-16-7-11-21-20-9-6-15-14-17(24-23-5-2)8-10-18(15)19(20)12-13-22(16,21)3/h4,8,10,14,19-21H,5-7,9,11-13H2,1-3H3/t19?,20?,21?,22-/m1/s1. The van der Waals surface area contributed by atoms with Crippen molar-refractivity contribution in [3.8, 4) is 5.75 Å². The van der Waals surface area contributed by atoms with Crippen molar-refractivity contribution in [3.05, 3.63) is 41.0 Å². The van der Waals surface area contributed by atoms with Gasteiger partial charge in [-0.3, -0.25) is 0 Å². The lowest BCUT2D eigenvalue weighted by Gasteiger charge is -2.49. The van der Waals surface area contributed by atoms with E-state index in [2.05, 4.69) is 38.1 Å². The molecule has 0 bridgehead atoms. The second-order valence-corrected chi connectivity index (χ2v) is 8.07. The van der Waals surface area contributed by atoms with Gasteiger partial charge in [-0.2, -0.15) is 4.89 Å². The average Bonchev–Trinajstić information content (AvgIpc) is 2.95. The molecule has 3 aliphatic carbocycles. The van der Waals surface area contributed by atoms with Gasteiger partial charge in [0.1, 0.15) is 0 Å². The molecule has 2 saturated carbocycles. The van der Waals surface area contributed by atoms with E-state index in [4.69, 9.17) is 9.78 Å². The first kappa shape index (κ1) is 16.2. The highest BCUT2D eigenvalue weighted by Crippen LogP contribution is 2.62. The number of allylic oxidation sites excluding steroid dienone is 2. The van der Waals surface area contributed by atoms with Crippen LogP contribution in [-0.2, 0) is 11.3 Å². The summed E-state index contributed by atoms with van der Waals surface area (Å²) in [5.74, 6) is 3.36. The van der Waals surface area contributed by atoms with Gasteiger partial charge in [-0.1, -0.05) is 24.6 Å². The van der Waals surface area contributed by atoms with Crippen molar-refractivity contribution >= 4 is 0 Å². The normalized spacial score (nSPS) is 36.1. The Kier molecular flexibility index (Phi) is 4.20. The Bertz CT molecular complexity index is 647. The lowest BCUT2D eigenvalue weighted by atomic mass is 9.55. The Balaban J connectivity index is 1.61. The first-order valence-corrected chi connectivity index (χ1v) is 9.75. The molecular formula is C22H30O2. The molecule has 0 saturated heterocycles. The molecule has 0 aromatic heterocycles. The maximum absolute atomic E-state index is 5.36. The van der Waals surface area contributed by atoms with E-state index in [9.17, 15) is 0 Å². The van der Waals surface area contributed by atoms with Gasteiger partial charge >= 0.3 is 0 Å². The second-order valence-electron chi connectivity index (χ2n) is 8.07. The van der Waals surface area contributed by atoms with Crippen LogP contribution < -0.4 is 4.89 Å². The number of aryl methyl sites for hydroxylation is 1. The zero-order valence-corrected chi connectivity index (χ0v) is 15.3. The first-order chi connectivity index (χ1) is 11.7. The molecule has 24 heavy (non-hydrogen) atoms. The molecule has 1 aromatic rings. The molecule has 0 amide bonds. The molecule has 4 atom stereocenters. The molecule has 0 aliphatic heterocycles. The zero-order chi connectivity index (χ0) is 16.7. The average molecular weight is 326 g/mol. The predicted molar refractivity (Wildman–Crippen MR) is 97.1 cm³/mol. The molecule has 3 unspecified atom stereocenters. The molecule has 2 heteroatoms. The third-order valence-corrected chi connectivity index (χ3v) is 7.17. The van der Waals surface area contributed by atoms with E-state index >= 15 is 0 Å². The van der Waals surface area contributed by atoms with Gasteiger partial charge in [0.05, 0.1) is 6.61 Å². The Morgan fingerprint density at radius 3 is 2.88 bits per heavy atom. The minimum Gasteiger partial charge on any atom is -0.338 e. The summed E-state index contributed by atoms with van der Waals surface area (Å²) in [5, 5.41) is 0. The number of benzene rings is 1. The van der Waals surface area contributed by atoms with Crippen LogP contribution in [0.15, 0.2) is 29.8 Å². The van der Waals surface area contributed by atoms with E-state index < -0.39 is 0 Å². The smallest absolute Gasteiger partial charge is 0.165 e. The largest absolute Gasteiger partial charge is 0.338 e. The highest BCUT2D eigenvalue weighted by Gasteiger charge is 2.52. The Hall–Kier alpha value is -1.28. The lowest BCUT2D eigenvalue weighted by Crippen LogP contribution is -2.40. The van der Waals surface area contributed by atoms with Crippen LogP contribution in [0, 0.1) is 17.3 Å². The molecule has 2 fully saturated rings. The fourth-order valence-corrected chi connectivity index (χ4v) is 6.06. The van der Waals surface area contributed by atoms with Gasteiger partial charge in [-0.15, -0.1) is 0 Å². The second kappa shape index (κ2) is 6.22. The van der Waals surface area contributed by atoms with Crippen LogP contribution in [0.25, 0.3) is 0 Å². The number of fused-ring (bicyclic) bond motifs is 5. The topological polar surface area (TPSA) is 18.5 Å². The highest BCUT2D eigenvalue weighted by atomic mass is 17.2. The van der Waals surface area contributed by atoms with Gasteiger partial charge in [0, 0.05) is 0 Å². The van der Waals surface area contributed by atoms with Crippen molar-refractivity contribution in [2.24, 2.45) is 17.3 Å². The van der Waals surface area contributed by atoms with Crippen molar-refractivity contribution in [3.63, 3.8) is 0 Å². The molecule has 0 radical (unpaired) electrons. The van der Waals surface area contributed by atoms with Crippen molar-refractivity contribution < 1.29 is 9.78 Å². The van der Waals surface area contributed by atoms with E-state index in [0.717, 1.165) is 23.5 Å². The molecule has 0 N–H and O–H groups in total. The van der Waals surface area contributed by atoms with Gasteiger partial charge < -0.3 is 4.89 Å². The van der Waals surface area contributed by atoms with E-state index in [1.54, 1.807) is 11.1 Å². The van der Waals surface area contributed by atoms with Crippen LogP contribution >= 0.6 is 0 Å². The molecule has 130 valence electrons. The van der Waals surface area contributed by atoms with Crippen LogP contribution in [0.1, 0.15) is 69.9 Å². The fourth-order valence-electron chi connectivity index (χ4n) is 6.06. The summed E-state index contributed by atoms with van der Waals surface area (Å²) in [4.78, 5) is 10.5.